The van der Waals surface area contributed by atoms with E-state index >= 15 is 0 Å². The maximum atomic E-state index is 2.54. The zero-order chi connectivity index (χ0) is 36.7. The van der Waals surface area contributed by atoms with Gasteiger partial charge >= 0.3 is 0 Å². The van der Waals surface area contributed by atoms with Gasteiger partial charge in [0.05, 0.1) is 0 Å². The second-order valence-corrected chi connectivity index (χ2v) is 15.4. The van der Waals surface area contributed by atoms with Gasteiger partial charge in [0.1, 0.15) is 0 Å². The molecule has 8 aromatic rings. The van der Waals surface area contributed by atoms with Crippen LogP contribution in [0.15, 0.2) is 194 Å². The normalized spacial score (nSPS) is 14.0. The van der Waals surface area contributed by atoms with Gasteiger partial charge < -0.3 is 14.7 Å². The van der Waals surface area contributed by atoms with Crippen molar-refractivity contribution < 1.29 is 0 Å². The van der Waals surface area contributed by atoms with E-state index in [1.54, 1.807) is 0 Å². The van der Waals surface area contributed by atoms with Crippen molar-refractivity contribution in [3.8, 4) is 11.1 Å². The SMILES string of the molecule is CC1(C)c2ccccc2-c2ccc(N3c4cc(N(c5ccccc5)c5ccccc5)ccc4B4c5ccccc5N(c5ccccc5)c5cccc3c54)cc21. The van der Waals surface area contributed by atoms with Crippen molar-refractivity contribution in [1.82, 2.24) is 0 Å². The van der Waals surface area contributed by atoms with Crippen LogP contribution in [0.1, 0.15) is 25.0 Å². The monoisotopic (exact) mass is 703 g/mol. The molecule has 1 aliphatic carbocycles. The highest BCUT2D eigenvalue weighted by Crippen LogP contribution is 2.52. The number of nitrogens with zero attached hydrogens (tertiary/aromatic N) is 3. The molecule has 3 nitrogen and oxygen atoms in total. The number of benzene rings is 8. The van der Waals surface area contributed by atoms with E-state index in [-0.39, 0.29) is 12.1 Å². The van der Waals surface area contributed by atoms with Gasteiger partial charge in [0.2, 0.25) is 0 Å². The Morgan fingerprint density at radius 3 is 1.69 bits per heavy atom. The number of fused-ring (bicyclic) bond motifs is 7. The maximum Gasteiger partial charge on any atom is 0.252 e. The molecule has 11 rings (SSSR count). The van der Waals surface area contributed by atoms with Crippen LogP contribution >= 0.6 is 0 Å². The van der Waals surface area contributed by atoms with Gasteiger partial charge in [0.15, 0.2) is 0 Å². The first-order valence-corrected chi connectivity index (χ1v) is 19.2. The Hall–Kier alpha value is -6.78. The highest BCUT2D eigenvalue weighted by atomic mass is 15.2. The summed E-state index contributed by atoms with van der Waals surface area (Å²) >= 11 is 0. The number of rotatable bonds is 5. The van der Waals surface area contributed by atoms with Crippen LogP contribution in [-0.2, 0) is 5.41 Å². The summed E-state index contributed by atoms with van der Waals surface area (Å²) in [4.78, 5) is 7.37. The molecule has 0 N–H and O–H groups in total. The van der Waals surface area contributed by atoms with Gasteiger partial charge in [-0.25, -0.2) is 0 Å². The number of anilines is 9. The van der Waals surface area contributed by atoms with Crippen LogP contribution in [0.2, 0.25) is 0 Å². The van der Waals surface area contributed by atoms with Crippen molar-refractivity contribution >= 4 is 74.3 Å². The summed E-state index contributed by atoms with van der Waals surface area (Å²) in [5, 5.41) is 0. The molecule has 0 amide bonds. The van der Waals surface area contributed by atoms with E-state index in [4.69, 9.17) is 0 Å². The Kier molecular flexibility index (Phi) is 6.99. The Bertz CT molecular complexity index is 2720. The zero-order valence-corrected chi connectivity index (χ0v) is 30.9. The highest BCUT2D eigenvalue weighted by molar-refractivity contribution is 7.00. The molecule has 8 aromatic carbocycles. The van der Waals surface area contributed by atoms with E-state index in [0.717, 1.165) is 22.7 Å². The Morgan fingerprint density at radius 1 is 0.400 bits per heavy atom. The average molecular weight is 704 g/mol. The van der Waals surface area contributed by atoms with Crippen molar-refractivity contribution in [2.75, 3.05) is 14.7 Å². The van der Waals surface area contributed by atoms with E-state index in [2.05, 4.69) is 223 Å². The zero-order valence-electron chi connectivity index (χ0n) is 30.9. The van der Waals surface area contributed by atoms with E-state index in [1.807, 2.05) is 0 Å². The fourth-order valence-corrected chi connectivity index (χ4v) is 9.58. The van der Waals surface area contributed by atoms with Crippen molar-refractivity contribution in [3.05, 3.63) is 205 Å². The van der Waals surface area contributed by atoms with Crippen molar-refractivity contribution in [2.24, 2.45) is 0 Å². The van der Waals surface area contributed by atoms with Gasteiger partial charge in [-0.2, -0.15) is 0 Å². The summed E-state index contributed by atoms with van der Waals surface area (Å²) in [6, 6.07) is 71.3. The lowest BCUT2D eigenvalue weighted by atomic mass is 9.33. The van der Waals surface area contributed by atoms with Crippen molar-refractivity contribution in [3.63, 3.8) is 0 Å². The maximum absolute atomic E-state index is 2.54. The van der Waals surface area contributed by atoms with Crippen molar-refractivity contribution in [2.45, 2.75) is 19.3 Å². The predicted octanol–water partition coefficient (Wildman–Crippen LogP) is 11.5. The minimum Gasteiger partial charge on any atom is -0.311 e. The fourth-order valence-electron chi connectivity index (χ4n) is 9.58. The first kappa shape index (κ1) is 31.7. The average Bonchev–Trinajstić information content (AvgIpc) is 3.47. The molecule has 2 aliphatic heterocycles. The standard InChI is InChI=1S/C51H38BN3/c1-51(2)42-24-13-12-23-40(42)41-31-29-38(33-43(41)51)55-48-28-16-27-47-50(48)52(44-25-14-15-26-46(44)54(47)37-21-10-5-11-22-37)45-32-30-39(34-49(45)55)53(35-17-6-3-7-18-35)36-19-8-4-9-20-36/h3-34H,1-2H3. The molecule has 4 heteroatoms. The van der Waals surface area contributed by atoms with Crippen LogP contribution in [0, 0.1) is 0 Å². The summed E-state index contributed by atoms with van der Waals surface area (Å²) < 4.78 is 0. The number of hydrogen-bond donors (Lipinski definition) is 0. The summed E-state index contributed by atoms with van der Waals surface area (Å²) in [5.41, 5.74) is 19.8. The molecule has 0 saturated carbocycles. The predicted molar refractivity (Wildman–Crippen MR) is 233 cm³/mol. The summed E-state index contributed by atoms with van der Waals surface area (Å²) in [6.45, 7) is 4.80. The minimum absolute atomic E-state index is 0.0553. The van der Waals surface area contributed by atoms with Gasteiger partial charge in [-0.15, -0.1) is 0 Å². The summed E-state index contributed by atoms with van der Waals surface area (Å²) in [7, 11) is 0. The molecule has 0 aromatic heterocycles. The molecular formula is C51H38BN3. The third-order valence-electron chi connectivity index (χ3n) is 12.0. The molecule has 0 fully saturated rings. The first-order chi connectivity index (χ1) is 27.1. The van der Waals surface area contributed by atoms with Crippen LogP contribution in [0.25, 0.3) is 11.1 Å². The molecular weight excluding hydrogens is 665 g/mol. The Balaban J connectivity index is 1.19. The summed E-state index contributed by atoms with van der Waals surface area (Å²) in [6.07, 6.45) is 0. The molecule has 0 unspecified atom stereocenters. The quantitative estimate of drug-likeness (QED) is 0.165. The van der Waals surface area contributed by atoms with Gasteiger partial charge in [-0.05, 0) is 118 Å². The Labute approximate surface area is 323 Å². The molecule has 0 saturated heterocycles. The second-order valence-electron chi connectivity index (χ2n) is 15.4. The molecule has 0 bridgehead atoms. The molecule has 55 heavy (non-hydrogen) atoms. The Morgan fingerprint density at radius 2 is 0.964 bits per heavy atom. The van der Waals surface area contributed by atoms with Gasteiger partial charge in [0, 0.05) is 56.6 Å². The molecule has 3 aliphatic rings. The van der Waals surface area contributed by atoms with E-state index in [1.165, 1.54) is 67.1 Å². The number of para-hydroxylation sites is 4. The first-order valence-electron chi connectivity index (χ1n) is 19.2. The molecule has 2 heterocycles. The topological polar surface area (TPSA) is 9.72 Å². The lowest BCUT2D eigenvalue weighted by molar-refractivity contribution is 0.660. The molecule has 0 atom stereocenters. The van der Waals surface area contributed by atoms with E-state index in [0.29, 0.717) is 0 Å². The molecule has 0 spiro atoms. The van der Waals surface area contributed by atoms with E-state index in [9.17, 15) is 0 Å². The van der Waals surface area contributed by atoms with Gasteiger partial charge in [0.25, 0.3) is 6.71 Å². The molecule has 260 valence electrons. The van der Waals surface area contributed by atoms with Crippen molar-refractivity contribution in [1.29, 1.82) is 0 Å². The molecule has 0 radical (unpaired) electrons. The largest absolute Gasteiger partial charge is 0.311 e. The highest BCUT2D eigenvalue weighted by Gasteiger charge is 2.44. The van der Waals surface area contributed by atoms with E-state index < -0.39 is 0 Å². The lowest BCUT2D eigenvalue weighted by Gasteiger charge is -2.44. The fraction of sp³-hybridized carbons (Fsp3) is 0.0588. The van der Waals surface area contributed by atoms with Crippen LogP contribution in [0.5, 0.6) is 0 Å². The second kappa shape index (κ2) is 12.1. The smallest absolute Gasteiger partial charge is 0.252 e. The van der Waals surface area contributed by atoms with Crippen LogP contribution in [0.4, 0.5) is 51.2 Å². The minimum atomic E-state index is -0.123. The van der Waals surface area contributed by atoms with Crippen LogP contribution in [0.3, 0.4) is 0 Å². The van der Waals surface area contributed by atoms with Gasteiger partial charge in [-0.3, -0.25) is 0 Å². The third-order valence-corrected chi connectivity index (χ3v) is 12.0. The third kappa shape index (κ3) is 4.71. The summed E-state index contributed by atoms with van der Waals surface area (Å²) in [5.74, 6) is 0. The lowest BCUT2D eigenvalue weighted by Crippen LogP contribution is -2.61. The number of hydrogen-bond acceptors (Lipinski definition) is 3. The van der Waals surface area contributed by atoms with Crippen LogP contribution in [-0.4, -0.2) is 6.71 Å². The van der Waals surface area contributed by atoms with Gasteiger partial charge in [-0.1, -0.05) is 129 Å². The van der Waals surface area contributed by atoms with Crippen LogP contribution < -0.4 is 31.1 Å².